The molecule has 0 unspecified atom stereocenters. The van der Waals surface area contributed by atoms with Crippen LogP contribution in [0.25, 0.3) is 11.2 Å². The molecule has 0 aliphatic heterocycles. The lowest BCUT2D eigenvalue weighted by molar-refractivity contribution is -0.254. The monoisotopic (exact) mass is 357 g/mol. The minimum atomic E-state index is -1.27. The molecule has 0 saturated heterocycles. The van der Waals surface area contributed by atoms with Crippen molar-refractivity contribution in [2.45, 2.75) is 13.8 Å². The lowest BCUT2D eigenvalue weighted by Crippen LogP contribution is -2.20. The average Bonchev–Trinajstić information content (AvgIpc) is 3.25. The first-order valence-electron chi connectivity index (χ1n) is 7.10. The topological polar surface area (TPSA) is 75.0 Å². The van der Waals surface area contributed by atoms with Crippen LogP contribution in [-0.4, -0.2) is 21.3 Å². The lowest BCUT2D eigenvalue weighted by atomic mass is 10.2. The highest BCUT2D eigenvalue weighted by atomic mass is 32.1. The number of thiazole rings is 1. The largest absolute Gasteiger partial charge is 0.544 e. The summed E-state index contributed by atoms with van der Waals surface area (Å²) in [6, 6.07) is 4.87. The van der Waals surface area contributed by atoms with Gasteiger partial charge in [-0.3, -0.25) is 9.36 Å². The number of rotatable bonds is 5. The Morgan fingerprint density at radius 3 is 2.62 bits per heavy atom. The minimum Gasteiger partial charge on any atom is -0.544 e. The Morgan fingerprint density at radius 1 is 1.25 bits per heavy atom. The number of hydrogen-bond acceptors (Lipinski definition) is 6. The van der Waals surface area contributed by atoms with Crippen molar-refractivity contribution >= 4 is 40.5 Å². The van der Waals surface area contributed by atoms with Gasteiger partial charge in [-0.15, -0.1) is 22.7 Å². The van der Waals surface area contributed by atoms with Gasteiger partial charge in [0.25, 0.3) is 0 Å². The van der Waals surface area contributed by atoms with E-state index in [9.17, 15) is 14.7 Å². The number of aromatic nitrogens is 2. The zero-order valence-electron chi connectivity index (χ0n) is 13.0. The summed E-state index contributed by atoms with van der Waals surface area (Å²) in [5, 5.41) is 13.6. The van der Waals surface area contributed by atoms with Gasteiger partial charge < -0.3 is 9.90 Å². The number of allylic oxidation sites excluding steroid dienone is 1. The molecule has 0 radical (unpaired) electrons. The van der Waals surface area contributed by atoms with E-state index in [4.69, 9.17) is 0 Å². The normalized spacial score (nSPS) is 11.2. The summed E-state index contributed by atoms with van der Waals surface area (Å²) in [5.41, 5.74) is 2.95. The lowest BCUT2D eigenvalue weighted by Gasteiger charge is -2.04. The fourth-order valence-electron chi connectivity index (χ4n) is 2.40. The zero-order valence-corrected chi connectivity index (χ0v) is 14.6. The van der Waals surface area contributed by atoms with Crippen LogP contribution in [0.2, 0.25) is 0 Å². The van der Waals surface area contributed by atoms with E-state index in [1.54, 1.807) is 23.6 Å². The summed E-state index contributed by atoms with van der Waals surface area (Å²) in [6.45, 7) is 3.96. The molecule has 0 amide bonds. The molecule has 0 atom stereocenters. The first kappa shape index (κ1) is 16.4. The number of hydrogen-bond donors (Lipinski definition) is 0. The van der Waals surface area contributed by atoms with Gasteiger partial charge in [0, 0.05) is 23.0 Å². The second kappa shape index (κ2) is 6.54. The summed E-state index contributed by atoms with van der Waals surface area (Å²) in [7, 11) is 0. The van der Waals surface area contributed by atoms with Crippen LogP contribution >= 0.6 is 22.7 Å². The highest BCUT2D eigenvalue weighted by Gasteiger charge is 2.12. The highest BCUT2D eigenvalue weighted by molar-refractivity contribution is 7.16. The van der Waals surface area contributed by atoms with Gasteiger partial charge in [0.2, 0.25) is 0 Å². The van der Waals surface area contributed by atoms with Gasteiger partial charge in [-0.25, -0.2) is 4.98 Å². The van der Waals surface area contributed by atoms with E-state index in [-0.39, 0.29) is 10.7 Å². The molecule has 0 N–H and O–H groups in total. The molecule has 3 aromatic rings. The fourth-order valence-corrected chi connectivity index (χ4v) is 3.92. The molecule has 24 heavy (non-hydrogen) atoms. The second-order valence-corrected chi connectivity index (χ2v) is 7.08. The number of thiophene rings is 1. The standard InChI is InChI=1S/C17H14N2O3S2/c1-10-9-12(11(2)19(10)17-18-7-8-23-17)3-4-13(20)14-5-6-15(24-14)16(21)22/h3-9H,1-2H3,(H,21,22)/p-1/b4-3+. The smallest absolute Gasteiger partial charge is 0.195 e. The number of ketones is 1. The van der Waals surface area contributed by atoms with Gasteiger partial charge >= 0.3 is 0 Å². The van der Waals surface area contributed by atoms with Gasteiger partial charge in [-0.05, 0) is 49.8 Å². The van der Waals surface area contributed by atoms with E-state index in [0.29, 0.717) is 4.88 Å². The van der Waals surface area contributed by atoms with E-state index in [1.807, 2.05) is 29.9 Å². The van der Waals surface area contributed by atoms with Crippen molar-refractivity contribution in [3.63, 3.8) is 0 Å². The minimum absolute atomic E-state index is 0.0497. The Morgan fingerprint density at radius 2 is 2.00 bits per heavy atom. The maximum absolute atomic E-state index is 12.2. The van der Waals surface area contributed by atoms with Crippen LogP contribution < -0.4 is 5.11 Å². The molecule has 3 rings (SSSR count). The SMILES string of the molecule is Cc1cc(/C=C/C(=O)c2ccc(C(=O)[O-])s2)c(C)n1-c1nccs1. The summed E-state index contributed by atoms with van der Waals surface area (Å²) in [4.78, 5) is 27.7. The van der Waals surface area contributed by atoms with Gasteiger partial charge in [0.1, 0.15) is 0 Å². The van der Waals surface area contributed by atoms with E-state index in [2.05, 4.69) is 4.98 Å². The third kappa shape index (κ3) is 3.08. The van der Waals surface area contributed by atoms with Crippen LogP contribution in [0, 0.1) is 13.8 Å². The van der Waals surface area contributed by atoms with Crippen molar-refractivity contribution in [2.24, 2.45) is 0 Å². The van der Waals surface area contributed by atoms with E-state index in [1.165, 1.54) is 18.2 Å². The molecular weight excluding hydrogens is 344 g/mol. The third-order valence-electron chi connectivity index (χ3n) is 3.55. The molecule has 0 aromatic carbocycles. The number of carboxylic acids is 1. The third-order valence-corrected chi connectivity index (χ3v) is 5.38. The Hall–Kier alpha value is -2.51. The number of carbonyl (C=O) groups is 2. The molecule has 3 heterocycles. The van der Waals surface area contributed by atoms with E-state index >= 15 is 0 Å². The molecule has 0 aliphatic carbocycles. The predicted octanol–water partition coefficient (Wildman–Crippen LogP) is 2.87. The molecule has 0 bridgehead atoms. The molecule has 5 nitrogen and oxygen atoms in total. The van der Waals surface area contributed by atoms with Crippen LogP contribution in [0.5, 0.6) is 0 Å². The Balaban J connectivity index is 1.85. The van der Waals surface area contributed by atoms with Gasteiger partial charge in [0.05, 0.1) is 15.7 Å². The van der Waals surface area contributed by atoms with Crippen molar-refractivity contribution in [1.29, 1.82) is 0 Å². The van der Waals surface area contributed by atoms with E-state index < -0.39 is 5.97 Å². The molecule has 3 aromatic heterocycles. The maximum Gasteiger partial charge on any atom is 0.195 e. The molecule has 0 aliphatic rings. The summed E-state index contributed by atoms with van der Waals surface area (Å²) in [5.74, 6) is -1.50. The Labute approximate surface area is 146 Å². The molecule has 0 saturated carbocycles. The predicted molar refractivity (Wildman–Crippen MR) is 92.9 cm³/mol. The highest BCUT2D eigenvalue weighted by Crippen LogP contribution is 2.23. The van der Waals surface area contributed by atoms with Gasteiger partial charge in [-0.2, -0.15) is 0 Å². The molecular formula is C17H13N2O3S2-. The van der Waals surface area contributed by atoms with Crippen molar-refractivity contribution in [2.75, 3.05) is 0 Å². The van der Waals surface area contributed by atoms with Gasteiger partial charge in [-0.1, -0.05) is 0 Å². The van der Waals surface area contributed by atoms with Crippen LogP contribution in [0.15, 0.2) is 35.9 Å². The van der Waals surface area contributed by atoms with Crippen molar-refractivity contribution in [3.05, 3.63) is 62.6 Å². The Kier molecular flexibility index (Phi) is 4.46. The first-order chi connectivity index (χ1) is 11.5. The van der Waals surface area contributed by atoms with Crippen molar-refractivity contribution in [1.82, 2.24) is 9.55 Å². The molecule has 7 heteroatoms. The van der Waals surface area contributed by atoms with E-state index in [0.717, 1.165) is 33.4 Å². The van der Waals surface area contributed by atoms with Crippen LogP contribution in [0.3, 0.4) is 0 Å². The number of aromatic carboxylic acids is 1. The fraction of sp³-hybridized carbons (Fsp3) is 0.118. The summed E-state index contributed by atoms with van der Waals surface area (Å²) in [6.07, 6.45) is 4.95. The average molecular weight is 357 g/mol. The molecule has 122 valence electrons. The molecule has 0 fully saturated rings. The number of carboxylic acid groups (broad SMARTS) is 1. The summed E-state index contributed by atoms with van der Waals surface area (Å²) >= 11 is 2.46. The number of carbonyl (C=O) groups excluding carboxylic acids is 2. The quantitative estimate of drug-likeness (QED) is 0.520. The second-order valence-electron chi connectivity index (χ2n) is 5.13. The summed E-state index contributed by atoms with van der Waals surface area (Å²) < 4.78 is 2.04. The zero-order chi connectivity index (χ0) is 17.3. The van der Waals surface area contributed by atoms with Crippen molar-refractivity contribution < 1.29 is 14.7 Å². The number of aryl methyl sites for hydroxylation is 1. The first-order valence-corrected chi connectivity index (χ1v) is 8.79. The maximum atomic E-state index is 12.2. The van der Waals surface area contributed by atoms with Crippen LogP contribution in [0.4, 0.5) is 0 Å². The number of nitrogens with zero attached hydrogens (tertiary/aromatic N) is 2. The van der Waals surface area contributed by atoms with Crippen molar-refractivity contribution in [3.8, 4) is 5.13 Å². The molecule has 0 spiro atoms. The van der Waals surface area contributed by atoms with Crippen LogP contribution in [-0.2, 0) is 0 Å². The van der Waals surface area contributed by atoms with Crippen LogP contribution in [0.1, 0.15) is 36.3 Å². The Bertz CT molecular complexity index is 933. The van der Waals surface area contributed by atoms with Gasteiger partial charge in [0.15, 0.2) is 10.9 Å².